The maximum absolute atomic E-state index is 13.1. The number of anilines is 1. The number of rotatable bonds is 14. The Morgan fingerprint density at radius 2 is 1.71 bits per heavy atom. The average Bonchev–Trinajstić information content (AvgIpc) is 3.24. The number of hydrogen-bond acceptors (Lipinski definition) is 4. The van der Waals surface area contributed by atoms with Gasteiger partial charge in [-0.1, -0.05) is 96.4 Å². The average molecular weight is 531 g/mol. The van der Waals surface area contributed by atoms with Gasteiger partial charge in [-0.3, -0.25) is 4.90 Å². The number of amidine groups is 1. The van der Waals surface area contributed by atoms with Gasteiger partial charge in [0.25, 0.3) is 0 Å². The molecular weight excluding hydrogens is 489 g/mol. The van der Waals surface area contributed by atoms with Crippen molar-refractivity contribution in [3.8, 4) is 0 Å². The third kappa shape index (κ3) is 11.0. The van der Waals surface area contributed by atoms with Crippen LogP contribution in [0.4, 0.5) is 18.9 Å². The Labute approximate surface area is 218 Å². The van der Waals surface area contributed by atoms with Crippen molar-refractivity contribution < 1.29 is 13.2 Å². The number of thiocarbonyl (C=S) groups is 1. The Morgan fingerprint density at radius 3 is 2.31 bits per heavy atom. The van der Waals surface area contributed by atoms with E-state index in [1.54, 1.807) is 17.8 Å². The molecule has 1 aliphatic heterocycles. The van der Waals surface area contributed by atoms with Crippen LogP contribution in [0, 0.1) is 5.92 Å². The van der Waals surface area contributed by atoms with Crippen molar-refractivity contribution in [2.75, 3.05) is 18.4 Å². The SMILES string of the molecule is CCCCCCCCCCCCNN=C1SC(C(C)C)CN1C(=S)Nc1cccc(C(F)(F)F)c1. The van der Waals surface area contributed by atoms with Crippen LogP contribution >= 0.6 is 24.0 Å². The number of benzene rings is 1. The molecule has 4 nitrogen and oxygen atoms in total. The van der Waals surface area contributed by atoms with E-state index in [-0.39, 0.29) is 0 Å². The zero-order valence-electron chi connectivity index (χ0n) is 21.3. The van der Waals surface area contributed by atoms with Gasteiger partial charge in [-0.25, -0.2) is 0 Å². The van der Waals surface area contributed by atoms with Crippen LogP contribution in [0.5, 0.6) is 0 Å². The van der Waals surface area contributed by atoms with Gasteiger partial charge >= 0.3 is 6.18 Å². The van der Waals surface area contributed by atoms with Gasteiger partial charge in [0, 0.05) is 24.0 Å². The molecule has 198 valence electrons. The van der Waals surface area contributed by atoms with Crippen molar-refractivity contribution in [3.05, 3.63) is 29.8 Å². The molecule has 0 bridgehead atoms. The second kappa shape index (κ2) is 15.6. The second-order valence-corrected chi connectivity index (χ2v) is 11.1. The van der Waals surface area contributed by atoms with Crippen LogP contribution in [0.1, 0.15) is 90.5 Å². The number of hydrazone groups is 1. The summed E-state index contributed by atoms with van der Waals surface area (Å²) in [4.78, 5) is 1.89. The molecule has 0 radical (unpaired) electrons. The van der Waals surface area contributed by atoms with Crippen LogP contribution in [0.3, 0.4) is 0 Å². The normalized spacial score (nSPS) is 17.4. The number of alkyl halides is 3. The van der Waals surface area contributed by atoms with E-state index in [4.69, 9.17) is 12.2 Å². The summed E-state index contributed by atoms with van der Waals surface area (Å²) in [6.07, 6.45) is 8.49. The Bertz CT molecular complexity index is 799. The smallest absolute Gasteiger partial charge is 0.332 e. The predicted molar refractivity (Wildman–Crippen MR) is 148 cm³/mol. The van der Waals surface area contributed by atoms with Gasteiger partial charge in [0.05, 0.1) is 5.56 Å². The summed E-state index contributed by atoms with van der Waals surface area (Å²) in [6, 6.07) is 5.10. The molecule has 0 aromatic heterocycles. The first-order chi connectivity index (χ1) is 16.7. The van der Waals surface area contributed by atoms with Crippen molar-refractivity contribution in [3.63, 3.8) is 0 Å². The highest BCUT2D eigenvalue weighted by molar-refractivity contribution is 8.14. The van der Waals surface area contributed by atoms with Crippen LogP contribution in [-0.2, 0) is 6.18 Å². The minimum Gasteiger partial charge on any atom is -0.332 e. The molecule has 2 N–H and O–H groups in total. The highest BCUT2D eigenvalue weighted by Crippen LogP contribution is 2.33. The van der Waals surface area contributed by atoms with E-state index >= 15 is 0 Å². The zero-order valence-corrected chi connectivity index (χ0v) is 22.9. The van der Waals surface area contributed by atoms with E-state index in [1.165, 1.54) is 63.9 Å². The predicted octanol–water partition coefficient (Wildman–Crippen LogP) is 8.26. The molecule has 1 atom stereocenters. The first-order valence-corrected chi connectivity index (χ1v) is 14.2. The molecule has 0 saturated carbocycles. The molecule has 0 aliphatic carbocycles. The molecule has 0 spiro atoms. The van der Waals surface area contributed by atoms with E-state index in [2.05, 4.69) is 36.6 Å². The van der Waals surface area contributed by atoms with Gasteiger partial charge in [0.2, 0.25) is 0 Å². The molecule has 1 aromatic rings. The van der Waals surface area contributed by atoms with Gasteiger partial charge in [0.1, 0.15) is 0 Å². The first kappa shape index (κ1) is 29.7. The van der Waals surface area contributed by atoms with Crippen LogP contribution < -0.4 is 10.7 Å². The van der Waals surface area contributed by atoms with Gasteiger partial charge in [-0.15, -0.1) is 0 Å². The summed E-state index contributed by atoms with van der Waals surface area (Å²) < 4.78 is 39.2. The number of nitrogens with one attached hydrogen (secondary N) is 2. The summed E-state index contributed by atoms with van der Waals surface area (Å²) in [5.41, 5.74) is 2.80. The van der Waals surface area contributed by atoms with Gasteiger partial charge in [0.15, 0.2) is 10.3 Å². The Hall–Kier alpha value is -1.48. The summed E-state index contributed by atoms with van der Waals surface area (Å²) >= 11 is 7.22. The van der Waals surface area contributed by atoms with Crippen molar-refractivity contribution in [2.24, 2.45) is 11.0 Å². The lowest BCUT2D eigenvalue weighted by Gasteiger charge is -2.21. The Kier molecular flexibility index (Phi) is 13.3. The minimum absolute atomic E-state index is 0.314. The molecule has 1 aliphatic rings. The Balaban J connectivity index is 1.80. The summed E-state index contributed by atoms with van der Waals surface area (Å²) in [5, 5.41) is 8.99. The standard InChI is InChI=1S/C26H41F3N4S2/c1-4-5-6-7-8-9-10-11-12-13-17-30-32-25-33(19-23(35-25)20(2)3)24(34)31-22-16-14-15-21(18-22)26(27,28)29/h14-16,18,20,23,30H,4-13,17,19H2,1-3H3,(H,31,34). The van der Waals surface area contributed by atoms with Gasteiger partial charge in [-0.05, 0) is 42.8 Å². The van der Waals surface area contributed by atoms with Crippen molar-refractivity contribution in [1.29, 1.82) is 0 Å². The molecule has 2 rings (SSSR count). The van der Waals surface area contributed by atoms with E-state index in [9.17, 15) is 13.2 Å². The fourth-order valence-corrected chi connectivity index (χ4v) is 5.39. The number of nitrogens with zero attached hydrogens (tertiary/aromatic N) is 2. The molecule has 0 amide bonds. The molecule has 1 heterocycles. The number of unbranched alkanes of at least 4 members (excludes halogenated alkanes) is 9. The lowest BCUT2D eigenvalue weighted by Crippen LogP contribution is -2.37. The maximum Gasteiger partial charge on any atom is 0.416 e. The highest BCUT2D eigenvalue weighted by Gasteiger charge is 2.34. The molecule has 9 heteroatoms. The van der Waals surface area contributed by atoms with Crippen molar-refractivity contribution in [1.82, 2.24) is 10.3 Å². The van der Waals surface area contributed by atoms with E-state index in [0.29, 0.717) is 28.5 Å². The third-order valence-corrected chi connectivity index (χ3v) is 7.94. The summed E-state index contributed by atoms with van der Waals surface area (Å²) in [6.45, 7) is 8.02. The van der Waals surface area contributed by atoms with E-state index in [1.807, 2.05) is 4.90 Å². The molecule has 1 fully saturated rings. The molecule has 1 saturated heterocycles. The van der Waals surface area contributed by atoms with Gasteiger partial charge in [-0.2, -0.15) is 18.3 Å². The summed E-state index contributed by atoms with van der Waals surface area (Å²) in [5.74, 6) is 0.425. The van der Waals surface area contributed by atoms with Crippen LogP contribution in [0.25, 0.3) is 0 Å². The van der Waals surface area contributed by atoms with E-state index in [0.717, 1.165) is 30.3 Å². The lowest BCUT2D eigenvalue weighted by atomic mass is 10.1. The maximum atomic E-state index is 13.1. The van der Waals surface area contributed by atoms with Crippen molar-refractivity contribution >= 4 is 39.9 Å². The topological polar surface area (TPSA) is 39.7 Å². The number of hydrogen-bond donors (Lipinski definition) is 2. The van der Waals surface area contributed by atoms with E-state index < -0.39 is 11.7 Å². The number of halogens is 3. The molecule has 1 unspecified atom stereocenters. The fraction of sp³-hybridized carbons (Fsp3) is 0.692. The highest BCUT2D eigenvalue weighted by atomic mass is 32.2. The number of thioether (sulfide) groups is 1. The van der Waals surface area contributed by atoms with Gasteiger partial charge < -0.3 is 10.7 Å². The van der Waals surface area contributed by atoms with Crippen LogP contribution in [0.15, 0.2) is 29.4 Å². The fourth-order valence-electron chi connectivity index (χ4n) is 3.88. The Morgan fingerprint density at radius 1 is 1.09 bits per heavy atom. The molecule has 35 heavy (non-hydrogen) atoms. The lowest BCUT2D eigenvalue weighted by molar-refractivity contribution is -0.137. The summed E-state index contributed by atoms with van der Waals surface area (Å²) in [7, 11) is 0. The monoisotopic (exact) mass is 530 g/mol. The largest absolute Gasteiger partial charge is 0.416 e. The third-order valence-electron chi connectivity index (χ3n) is 6.10. The molecule has 1 aromatic carbocycles. The molecular formula is C26H41F3N4S2. The van der Waals surface area contributed by atoms with Crippen molar-refractivity contribution in [2.45, 2.75) is 96.4 Å². The quantitative estimate of drug-likeness (QED) is 0.144. The second-order valence-electron chi connectivity index (χ2n) is 9.50. The first-order valence-electron chi connectivity index (χ1n) is 12.9. The minimum atomic E-state index is -4.39. The zero-order chi connectivity index (χ0) is 25.7. The van der Waals surface area contributed by atoms with Crippen LogP contribution in [0.2, 0.25) is 0 Å². The van der Waals surface area contributed by atoms with Crippen LogP contribution in [-0.4, -0.2) is 33.5 Å².